The third kappa shape index (κ3) is 5.92. The fourth-order valence-electron chi connectivity index (χ4n) is 3.84. The van der Waals surface area contributed by atoms with E-state index in [9.17, 15) is 23.1 Å². The molecular formula is C25H25F3N2O4. The lowest BCUT2D eigenvalue weighted by Gasteiger charge is -2.42. The van der Waals surface area contributed by atoms with E-state index in [2.05, 4.69) is 47.8 Å². The first kappa shape index (κ1) is 25.2. The van der Waals surface area contributed by atoms with Crippen molar-refractivity contribution in [3.05, 3.63) is 72.3 Å². The van der Waals surface area contributed by atoms with Crippen LogP contribution in [0.4, 0.5) is 13.2 Å². The molecule has 0 atom stereocenters. The quantitative estimate of drug-likeness (QED) is 0.449. The Hall–Kier alpha value is -3.43. The SMILES string of the molecule is NCC1(C(=O)NCc2ccc(-c3ccc4ccccc4c3)cc2)CC(O)C1.O=C(O)C(F)(F)F. The third-order valence-corrected chi connectivity index (χ3v) is 5.86. The molecule has 0 heterocycles. The first-order valence-corrected chi connectivity index (χ1v) is 10.6. The summed E-state index contributed by atoms with van der Waals surface area (Å²) in [6.07, 6.45) is -4.58. The van der Waals surface area contributed by atoms with Crippen molar-refractivity contribution in [3.63, 3.8) is 0 Å². The van der Waals surface area contributed by atoms with Gasteiger partial charge in [-0.2, -0.15) is 13.2 Å². The number of aliphatic hydroxyl groups is 1. The number of nitrogens with one attached hydrogen (secondary N) is 1. The lowest BCUT2D eigenvalue weighted by molar-refractivity contribution is -0.192. The molecule has 9 heteroatoms. The average Bonchev–Trinajstić information content (AvgIpc) is 2.80. The summed E-state index contributed by atoms with van der Waals surface area (Å²) in [5, 5.41) is 22.1. The molecule has 0 bridgehead atoms. The number of hydrogen-bond donors (Lipinski definition) is 4. The Labute approximate surface area is 194 Å². The standard InChI is InChI=1S/C23H24N2O2.C2HF3O2/c24-15-23(12-21(26)13-23)22(27)25-14-16-5-7-18(8-6-16)20-10-9-17-3-1-2-4-19(17)11-20;3-2(4,5)1(6)7/h1-11,21,26H,12-15,24H2,(H,25,27);(H,6,7). The Bertz CT molecular complexity index is 1160. The Morgan fingerprint density at radius 1 is 0.971 bits per heavy atom. The molecule has 5 N–H and O–H groups in total. The van der Waals surface area contributed by atoms with Gasteiger partial charge in [0, 0.05) is 13.1 Å². The average molecular weight is 474 g/mol. The van der Waals surface area contributed by atoms with E-state index >= 15 is 0 Å². The second kappa shape index (κ2) is 10.2. The van der Waals surface area contributed by atoms with Crippen LogP contribution < -0.4 is 11.1 Å². The Kier molecular flexibility index (Phi) is 7.58. The van der Waals surface area contributed by atoms with Gasteiger partial charge in [0.25, 0.3) is 0 Å². The van der Waals surface area contributed by atoms with Crippen LogP contribution in [-0.4, -0.2) is 40.9 Å². The van der Waals surface area contributed by atoms with Crippen molar-refractivity contribution in [2.24, 2.45) is 11.1 Å². The van der Waals surface area contributed by atoms with Gasteiger partial charge in [0.2, 0.25) is 5.91 Å². The van der Waals surface area contributed by atoms with E-state index < -0.39 is 23.7 Å². The number of amides is 1. The molecule has 0 spiro atoms. The highest BCUT2D eigenvalue weighted by atomic mass is 19.4. The van der Waals surface area contributed by atoms with Crippen LogP contribution in [0.5, 0.6) is 0 Å². The smallest absolute Gasteiger partial charge is 0.475 e. The largest absolute Gasteiger partial charge is 0.490 e. The Balaban J connectivity index is 0.000000406. The minimum Gasteiger partial charge on any atom is -0.475 e. The summed E-state index contributed by atoms with van der Waals surface area (Å²) in [5.41, 5.74) is 8.53. The van der Waals surface area contributed by atoms with Gasteiger partial charge in [0.1, 0.15) is 0 Å². The zero-order chi connectivity index (χ0) is 24.9. The lowest BCUT2D eigenvalue weighted by atomic mass is 9.66. The normalized spacial score (nSPS) is 19.5. The number of aliphatic carboxylic acids is 1. The van der Waals surface area contributed by atoms with Crippen LogP contribution in [0.2, 0.25) is 0 Å². The zero-order valence-corrected chi connectivity index (χ0v) is 18.2. The number of carbonyl (C=O) groups is 2. The molecule has 1 fully saturated rings. The monoisotopic (exact) mass is 474 g/mol. The predicted octanol–water partition coefficient (Wildman–Crippen LogP) is 3.86. The molecule has 3 aromatic rings. The van der Waals surface area contributed by atoms with Gasteiger partial charge in [-0.25, -0.2) is 4.79 Å². The summed E-state index contributed by atoms with van der Waals surface area (Å²) in [6.45, 7) is 0.742. The van der Waals surface area contributed by atoms with Crippen molar-refractivity contribution in [1.29, 1.82) is 0 Å². The van der Waals surface area contributed by atoms with Crippen molar-refractivity contribution in [2.45, 2.75) is 31.7 Å². The molecule has 0 radical (unpaired) electrons. The topological polar surface area (TPSA) is 113 Å². The van der Waals surface area contributed by atoms with E-state index in [0.717, 1.165) is 11.1 Å². The van der Waals surface area contributed by atoms with Crippen molar-refractivity contribution in [3.8, 4) is 11.1 Å². The molecule has 0 unspecified atom stereocenters. The van der Waals surface area contributed by atoms with Crippen LogP contribution in [-0.2, 0) is 16.1 Å². The van der Waals surface area contributed by atoms with Crippen LogP contribution in [0.3, 0.4) is 0 Å². The van der Waals surface area contributed by atoms with E-state index in [-0.39, 0.29) is 12.5 Å². The minimum atomic E-state index is -5.08. The molecule has 1 saturated carbocycles. The van der Waals surface area contributed by atoms with Gasteiger partial charge >= 0.3 is 12.1 Å². The number of nitrogens with two attached hydrogens (primary N) is 1. The molecule has 3 aromatic carbocycles. The number of carbonyl (C=O) groups excluding carboxylic acids is 1. The van der Waals surface area contributed by atoms with E-state index in [0.29, 0.717) is 19.4 Å². The van der Waals surface area contributed by atoms with Crippen LogP contribution in [0.15, 0.2) is 66.7 Å². The molecule has 1 aliphatic rings. The van der Waals surface area contributed by atoms with Crippen LogP contribution in [0.1, 0.15) is 18.4 Å². The molecule has 1 amide bonds. The zero-order valence-electron chi connectivity index (χ0n) is 18.2. The summed E-state index contributed by atoms with van der Waals surface area (Å²) in [6, 6.07) is 23.0. The van der Waals surface area contributed by atoms with Gasteiger partial charge in [-0.15, -0.1) is 0 Å². The first-order chi connectivity index (χ1) is 16.0. The van der Waals surface area contributed by atoms with Crippen LogP contribution in [0, 0.1) is 5.41 Å². The number of carboxylic acids is 1. The second-order valence-electron chi connectivity index (χ2n) is 8.29. The van der Waals surface area contributed by atoms with Crippen molar-refractivity contribution >= 4 is 22.6 Å². The van der Waals surface area contributed by atoms with E-state index in [1.54, 1.807) is 0 Å². The maximum absolute atomic E-state index is 12.4. The fraction of sp³-hybridized carbons (Fsp3) is 0.280. The molecule has 6 nitrogen and oxygen atoms in total. The van der Waals surface area contributed by atoms with Crippen molar-refractivity contribution < 1.29 is 33.0 Å². The van der Waals surface area contributed by atoms with Gasteiger partial charge in [0.15, 0.2) is 0 Å². The number of hydrogen-bond acceptors (Lipinski definition) is 4. The van der Waals surface area contributed by atoms with Gasteiger partial charge in [-0.1, -0.05) is 60.7 Å². The number of fused-ring (bicyclic) bond motifs is 1. The minimum absolute atomic E-state index is 0.0612. The fourth-order valence-corrected chi connectivity index (χ4v) is 3.84. The number of carboxylic acid groups (broad SMARTS) is 1. The Morgan fingerprint density at radius 3 is 2.06 bits per heavy atom. The van der Waals surface area contributed by atoms with Crippen LogP contribution in [0.25, 0.3) is 21.9 Å². The molecule has 0 aliphatic heterocycles. The molecule has 4 rings (SSSR count). The highest BCUT2D eigenvalue weighted by Crippen LogP contribution is 2.40. The number of aliphatic hydroxyl groups excluding tert-OH is 1. The van der Waals surface area contributed by atoms with Crippen LogP contribution >= 0.6 is 0 Å². The summed E-state index contributed by atoms with van der Waals surface area (Å²) in [4.78, 5) is 21.3. The van der Waals surface area contributed by atoms with Crippen molar-refractivity contribution in [2.75, 3.05) is 6.54 Å². The molecule has 180 valence electrons. The molecule has 34 heavy (non-hydrogen) atoms. The summed E-state index contributed by atoms with van der Waals surface area (Å²) >= 11 is 0. The number of alkyl halides is 3. The maximum Gasteiger partial charge on any atom is 0.490 e. The van der Waals surface area contributed by atoms with Gasteiger partial charge in [0.05, 0.1) is 11.5 Å². The molecule has 0 aromatic heterocycles. The summed E-state index contributed by atoms with van der Waals surface area (Å²) in [7, 11) is 0. The first-order valence-electron chi connectivity index (χ1n) is 10.6. The number of rotatable bonds is 5. The second-order valence-corrected chi connectivity index (χ2v) is 8.29. The molecular weight excluding hydrogens is 449 g/mol. The highest BCUT2D eigenvalue weighted by molar-refractivity contribution is 5.87. The summed E-state index contributed by atoms with van der Waals surface area (Å²) in [5.74, 6) is -2.82. The van der Waals surface area contributed by atoms with Gasteiger partial charge < -0.3 is 21.3 Å². The van der Waals surface area contributed by atoms with Gasteiger partial charge in [-0.3, -0.25) is 4.79 Å². The predicted molar refractivity (Wildman–Crippen MR) is 122 cm³/mol. The van der Waals surface area contributed by atoms with E-state index in [1.807, 2.05) is 24.3 Å². The molecule has 1 aliphatic carbocycles. The summed E-state index contributed by atoms with van der Waals surface area (Å²) < 4.78 is 31.7. The highest BCUT2D eigenvalue weighted by Gasteiger charge is 2.48. The lowest BCUT2D eigenvalue weighted by Crippen LogP contribution is -2.55. The van der Waals surface area contributed by atoms with Crippen molar-refractivity contribution in [1.82, 2.24) is 5.32 Å². The molecule has 0 saturated heterocycles. The number of benzene rings is 3. The van der Waals surface area contributed by atoms with E-state index in [1.165, 1.54) is 16.3 Å². The number of halogens is 3. The maximum atomic E-state index is 12.4. The third-order valence-electron chi connectivity index (χ3n) is 5.86. The van der Waals surface area contributed by atoms with Gasteiger partial charge in [-0.05, 0) is 46.4 Å². The van der Waals surface area contributed by atoms with E-state index in [4.69, 9.17) is 15.6 Å². The Morgan fingerprint density at radius 2 is 1.53 bits per heavy atom.